The van der Waals surface area contributed by atoms with E-state index in [1.165, 1.54) is 0 Å². The Labute approximate surface area is 268 Å². The average Bonchev–Trinajstić information content (AvgIpc) is 3.58. The quantitative estimate of drug-likeness (QED) is 0.251. The summed E-state index contributed by atoms with van der Waals surface area (Å²) in [6.07, 6.45) is 5.19. The lowest BCUT2D eigenvalue weighted by molar-refractivity contribution is -0.144. The van der Waals surface area contributed by atoms with E-state index in [-0.39, 0.29) is 41.4 Å². The number of H-pyrrole nitrogens is 1. The van der Waals surface area contributed by atoms with E-state index in [0.717, 1.165) is 43.0 Å². The van der Waals surface area contributed by atoms with Crippen LogP contribution < -0.4 is 20.7 Å². The van der Waals surface area contributed by atoms with Gasteiger partial charge in [-0.15, -0.1) is 0 Å². The number of ether oxygens (including phenoxy) is 1. The molecule has 6 atom stereocenters. The molecule has 2 aliphatic carbocycles. The van der Waals surface area contributed by atoms with E-state index in [1.807, 2.05) is 18.2 Å². The Morgan fingerprint density at radius 2 is 1.87 bits per heavy atom. The number of ketones is 1. The van der Waals surface area contributed by atoms with Gasteiger partial charge in [0.05, 0.1) is 13.2 Å². The first-order chi connectivity index (χ1) is 22.0. The van der Waals surface area contributed by atoms with Crippen LogP contribution in [-0.4, -0.2) is 89.3 Å². The number of carbonyl (C=O) groups excluding carboxylic acids is 5. The highest BCUT2D eigenvalue weighted by molar-refractivity contribution is 6.02. The molecule has 5 N–H and O–H groups in total. The number of aliphatic hydroxyl groups is 1. The van der Waals surface area contributed by atoms with Gasteiger partial charge in [-0.05, 0) is 67.1 Å². The van der Waals surface area contributed by atoms with Gasteiger partial charge in [0.2, 0.25) is 17.7 Å². The minimum atomic E-state index is -1.04. The molecule has 2 aliphatic heterocycles. The predicted octanol–water partition coefficient (Wildman–Crippen LogP) is 1.91. The summed E-state index contributed by atoms with van der Waals surface area (Å²) >= 11 is 0. The van der Waals surface area contributed by atoms with Crippen LogP contribution in [0.15, 0.2) is 24.3 Å². The van der Waals surface area contributed by atoms with Crippen LogP contribution in [0.25, 0.3) is 10.9 Å². The van der Waals surface area contributed by atoms with Gasteiger partial charge in [0.1, 0.15) is 30.1 Å². The van der Waals surface area contributed by atoms with Crippen molar-refractivity contribution in [2.75, 3.05) is 26.8 Å². The van der Waals surface area contributed by atoms with Crippen molar-refractivity contribution in [1.29, 1.82) is 0 Å². The number of hydrogen-bond donors (Lipinski definition) is 5. The van der Waals surface area contributed by atoms with E-state index < -0.39 is 48.2 Å². The number of Topliss-reactive ketones (excluding diaryl/α,β-unsaturated/α-hetero) is 1. The number of rotatable bonds is 11. The summed E-state index contributed by atoms with van der Waals surface area (Å²) in [6.45, 7) is 4.27. The fraction of sp³-hybridized carbons (Fsp3) is 0.618. The number of aliphatic hydroxyl groups excluding tert-OH is 1. The molecule has 4 amide bonds. The van der Waals surface area contributed by atoms with Crippen LogP contribution in [-0.2, 0) is 19.2 Å². The number of fused-ring (bicyclic) bond motifs is 2. The van der Waals surface area contributed by atoms with Gasteiger partial charge < -0.3 is 35.7 Å². The van der Waals surface area contributed by atoms with Crippen molar-refractivity contribution in [2.24, 2.45) is 29.1 Å². The van der Waals surface area contributed by atoms with Gasteiger partial charge >= 0.3 is 0 Å². The van der Waals surface area contributed by atoms with E-state index in [9.17, 15) is 29.1 Å². The second kappa shape index (κ2) is 12.7. The minimum Gasteiger partial charge on any atom is -0.496 e. The maximum Gasteiger partial charge on any atom is 0.268 e. The van der Waals surface area contributed by atoms with Crippen molar-refractivity contribution in [2.45, 2.75) is 76.9 Å². The normalized spacial score (nSPS) is 26.6. The SMILES string of the molecule is COc1cccc2[nH]c(C(=O)N[C@H](C(=O)N3C[C@H]4[C@@H]([C@H]3C(=O)N[C@@H](C[C@@H]3CCNC3=O)C(=O)CO)C4(C)C)C3CCCCC3)cc12. The van der Waals surface area contributed by atoms with Crippen LogP contribution in [0, 0.1) is 29.1 Å². The third kappa shape index (κ3) is 5.87. The fourth-order valence-corrected chi connectivity index (χ4v) is 8.28. The number of hydrogen-bond acceptors (Lipinski definition) is 7. The summed E-state index contributed by atoms with van der Waals surface area (Å²) in [7, 11) is 1.57. The van der Waals surface area contributed by atoms with Crippen LogP contribution in [0.3, 0.4) is 0 Å². The van der Waals surface area contributed by atoms with Gasteiger partial charge in [0.25, 0.3) is 5.91 Å². The smallest absolute Gasteiger partial charge is 0.268 e. The molecule has 248 valence electrons. The van der Waals surface area contributed by atoms with Crippen LogP contribution in [0.5, 0.6) is 5.75 Å². The number of likely N-dealkylation sites (tertiary alicyclic amines) is 1. The second-order valence-electron chi connectivity index (χ2n) is 14.0. The van der Waals surface area contributed by atoms with Crippen molar-refractivity contribution in [1.82, 2.24) is 25.8 Å². The zero-order valence-corrected chi connectivity index (χ0v) is 26.8. The topological polar surface area (TPSA) is 170 Å². The Bertz CT molecular complexity index is 1530. The van der Waals surface area contributed by atoms with Crippen molar-refractivity contribution in [3.8, 4) is 5.75 Å². The highest BCUT2D eigenvalue weighted by Gasteiger charge is 2.69. The molecule has 2 saturated heterocycles. The number of aromatic nitrogens is 1. The molecule has 4 fully saturated rings. The van der Waals surface area contributed by atoms with Gasteiger partial charge in [-0.25, -0.2) is 0 Å². The number of nitrogens with zero attached hydrogens (tertiary/aromatic N) is 1. The number of nitrogens with one attached hydrogen (secondary N) is 4. The number of amides is 4. The fourth-order valence-electron chi connectivity index (χ4n) is 8.28. The standard InChI is InChI=1S/C34H45N5O7/c1-34(2)21-16-39(29(27(21)34)32(44)37-23(25(41)17-40)14-19-12-13-35-30(19)42)33(45)28(18-8-5-4-6-9-18)38-31(43)24-15-20-22(36-24)10-7-11-26(20)46-3/h7,10-11,15,18-19,21,23,27-29,36,40H,4-6,8-9,12-14,16-17H2,1-3H3,(H,35,42)(H,37,44)(H,38,43)/t19-,21-,23-,27-,28-,29-/m0/s1. The summed E-state index contributed by atoms with van der Waals surface area (Å²) in [6, 6.07) is 4.52. The number of carbonyl (C=O) groups is 5. The third-order valence-electron chi connectivity index (χ3n) is 11.1. The summed E-state index contributed by atoms with van der Waals surface area (Å²) in [5.74, 6) is -1.81. The van der Waals surface area contributed by atoms with Gasteiger partial charge in [-0.3, -0.25) is 24.0 Å². The third-order valence-corrected chi connectivity index (χ3v) is 11.1. The monoisotopic (exact) mass is 635 g/mol. The first kappa shape index (κ1) is 32.0. The molecule has 46 heavy (non-hydrogen) atoms. The molecule has 1 aromatic heterocycles. The molecule has 0 bridgehead atoms. The molecule has 3 heterocycles. The summed E-state index contributed by atoms with van der Waals surface area (Å²) in [4.78, 5) is 72.0. The molecule has 1 aromatic carbocycles. The van der Waals surface area contributed by atoms with E-state index >= 15 is 0 Å². The Hall–Kier alpha value is -3.93. The molecule has 0 unspecified atom stereocenters. The molecule has 0 radical (unpaired) electrons. The summed E-state index contributed by atoms with van der Waals surface area (Å²) in [5, 5.41) is 19.0. The highest BCUT2D eigenvalue weighted by Crippen LogP contribution is 2.65. The highest BCUT2D eigenvalue weighted by atomic mass is 16.5. The van der Waals surface area contributed by atoms with E-state index in [1.54, 1.807) is 18.1 Å². The molecule has 12 nitrogen and oxygen atoms in total. The Balaban J connectivity index is 1.25. The van der Waals surface area contributed by atoms with E-state index in [0.29, 0.717) is 31.0 Å². The van der Waals surface area contributed by atoms with Gasteiger partial charge in [0, 0.05) is 29.9 Å². The lowest BCUT2D eigenvalue weighted by atomic mass is 9.83. The second-order valence-corrected chi connectivity index (χ2v) is 14.0. The van der Waals surface area contributed by atoms with Gasteiger partial charge in [0.15, 0.2) is 5.78 Å². The van der Waals surface area contributed by atoms with Crippen LogP contribution in [0.4, 0.5) is 0 Å². The van der Waals surface area contributed by atoms with Crippen LogP contribution >= 0.6 is 0 Å². The van der Waals surface area contributed by atoms with Crippen LogP contribution in [0.2, 0.25) is 0 Å². The zero-order valence-electron chi connectivity index (χ0n) is 26.8. The van der Waals surface area contributed by atoms with Crippen LogP contribution in [0.1, 0.15) is 69.3 Å². The molecule has 6 rings (SSSR count). The number of benzene rings is 1. The van der Waals surface area contributed by atoms with E-state index in [2.05, 4.69) is 34.8 Å². The average molecular weight is 636 g/mol. The Kier molecular flexibility index (Phi) is 8.84. The molecule has 2 saturated carbocycles. The Morgan fingerprint density at radius 3 is 2.54 bits per heavy atom. The maximum absolute atomic E-state index is 14.5. The molecular weight excluding hydrogens is 590 g/mol. The van der Waals surface area contributed by atoms with Crippen molar-refractivity contribution in [3.63, 3.8) is 0 Å². The van der Waals surface area contributed by atoms with Crippen molar-refractivity contribution < 1.29 is 33.8 Å². The number of piperidine rings is 1. The lowest BCUT2D eigenvalue weighted by Gasteiger charge is -2.37. The Morgan fingerprint density at radius 1 is 1.11 bits per heavy atom. The lowest BCUT2D eigenvalue weighted by Crippen LogP contribution is -2.59. The largest absolute Gasteiger partial charge is 0.496 e. The zero-order chi connectivity index (χ0) is 32.7. The molecule has 2 aromatic rings. The molecule has 4 aliphatic rings. The predicted molar refractivity (Wildman–Crippen MR) is 169 cm³/mol. The molecule has 12 heteroatoms. The maximum atomic E-state index is 14.5. The molecule has 0 spiro atoms. The summed E-state index contributed by atoms with van der Waals surface area (Å²) in [5.41, 5.74) is 0.882. The van der Waals surface area contributed by atoms with E-state index in [4.69, 9.17) is 4.74 Å². The minimum absolute atomic E-state index is 0.0812. The first-order valence-electron chi connectivity index (χ1n) is 16.5. The van der Waals surface area contributed by atoms with Gasteiger partial charge in [-0.2, -0.15) is 0 Å². The number of methoxy groups -OCH3 is 1. The van der Waals surface area contributed by atoms with Gasteiger partial charge in [-0.1, -0.05) is 39.2 Å². The summed E-state index contributed by atoms with van der Waals surface area (Å²) < 4.78 is 5.45. The van der Waals surface area contributed by atoms with Crippen molar-refractivity contribution >= 4 is 40.3 Å². The number of aromatic amines is 1. The van der Waals surface area contributed by atoms with Crippen molar-refractivity contribution in [3.05, 3.63) is 30.0 Å². The first-order valence-corrected chi connectivity index (χ1v) is 16.5. The molecular formula is C34H45N5O7.